The Bertz CT molecular complexity index is 1360. The lowest BCUT2D eigenvalue weighted by molar-refractivity contribution is -0.158. The minimum atomic E-state index is -3.21. The van der Waals surface area contributed by atoms with Crippen LogP contribution in [0.1, 0.15) is 54.4 Å². The molecule has 0 amide bonds. The SMILES string of the molecule is Cc1ccnc2ncn(Cc3nc(C4CC(c5ccc(OC(C)(F)F)cc5)C4)no3)c(=O)c12. The van der Waals surface area contributed by atoms with Gasteiger partial charge in [0.25, 0.3) is 5.56 Å². The molecule has 5 rings (SSSR count). The molecule has 0 atom stereocenters. The lowest BCUT2D eigenvalue weighted by atomic mass is 9.71. The van der Waals surface area contributed by atoms with Gasteiger partial charge in [0.15, 0.2) is 11.5 Å². The molecule has 1 aromatic carbocycles. The Labute approximate surface area is 187 Å². The first-order chi connectivity index (χ1) is 15.8. The van der Waals surface area contributed by atoms with Gasteiger partial charge in [-0.3, -0.25) is 9.36 Å². The Kier molecular flexibility index (Phi) is 5.15. The van der Waals surface area contributed by atoms with E-state index in [9.17, 15) is 13.6 Å². The number of hydrogen-bond acceptors (Lipinski definition) is 7. The Morgan fingerprint density at radius 2 is 1.91 bits per heavy atom. The van der Waals surface area contributed by atoms with Crippen molar-refractivity contribution in [2.24, 2.45) is 0 Å². The first-order valence-electron chi connectivity index (χ1n) is 10.6. The third-order valence-corrected chi connectivity index (χ3v) is 5.87. The van der Waals surface area contributed by atoms with Gasteiger partial charge in [0.1, 0.15) is 18.6 Å². The van der Waals surface area contributed by atoms with E-state index in [-0.39, 0.29) is 29.7 Å². The standard InChI is InChI=1S/C23H21F2N5O3/c1-13-7-8-26-21-19(13)22(31)30(12-27-21)11-18-28-20(29-33-18)16-9-15(10-16)14-3-5-17(6-4-14)32-23(2,24)25/h3-8,12,15-16H,9-11H2,1-2H3. The quantitative estimate of drug-likeness (QED) is 0.432. The number of aryl methyl sites for hydroxylation is 1. The van der Waals surface area contributed by atoms with Crippen LogP contribution in [0.15, 0.2) is 52.2 Å². The molecule has 170 valence electrons. The van der Waals surface area contributed by atoms with Crippen molar-refractivity contribution in [1.82, 2.24) is 24.7 Å². The van der Waals surface area contributed by atoms with Gasteiger partial charge in [-0.25, -0.2) is 9.97 Å². The zero-order valence-electron chi connectivity index (χ0n) is 18.0. The summed E-state index contributed by atoms with van der Waals surface area (Å²) in [6.45, 7) is 2.68. The second-order valence-corrected chi connectivity index (χ2v) is 8.39. The molecule has 1 aliphatic rings. The molecule has 4 aromatic rings. The van der Waals surface area contributed by atoms with Crippen molar-refractivity contribution >= 4 is 11.0 Å². The lowest BCUT2D eigenvalue weighted by Crippen LogP contribution is -2.23. The Morgan fingerprint density at radius 3 is 2.64 bits per heavy atom. The van der Waals surface area contributed by atoms with Crippen molar-refractivity contribution in [2.45, 2.75) is 51.2 Å². The van der Waals surface area contributed by atoms with Gasteiger partial charge in [-0.15, -0.1) is 0 Å². The minimum Gasteiger partial charge on any atom is -0.433 e. The lowest BCUT2D eigenvalue weighted by Gasteiger charge is -2.33. The second kappa shape index (κ2) is 8.02. The number of hydrogen-bond donors (Lipinski definition) is 0. The molecule has 0 spiro atoms. The first kappa shape index (κ1) is 21.2. The number of fused-ring (bicyclic) bond motifs is 1. The Morgan fingerprint density at radius 1 is 1.15 bits per heavy atom. The van der Waals surface area contributed by atoms with Crippen molar-refractivity contribution in [3.63, 3.8) is 0 Å². The van der Waals surface area contributed by atoms with Crippen molar-refractivity contribution in [3.8, 4) is 5.75 Å². The van der Waals surface area contributed by atoms with Gasteiger partial charge >= 0.3 is 6.11 Å². The molecule has 8 nitrogen and oxygen atoms in total. The van der Waals surface area contributed by atoms with Gasteiger partial charge in [0.05, 0.1) is 5.39 Å². The van der Waals surface area contributed by atoms with Crippen molar-refractivity contribution in [3.05, 3.63) is 76.1 Å². The number of pyridine rings is 1. The summed E-state index contributed by atoms with van der Waals surface area (Å²) in [6.07, 6.45) is 1.50. The van der Waals surface area contributed by atoms with Gasteiger partial charge in [0, 0.05) is 19.0 Å². The van der Waals surface area contributed by atoms with Gasteiger partial charge < -0.3 is 9.26 Å². The fraction of sp³-hybridized carbons (Fsp3) is 0.348. The molecule has 0 radical (unpaired) electrons. The van der Waals surface area contributed by atoms with Crippen LogP contribution in [0.5, 0.6) is 5.75 Å². The van der Waals surface area contributed by atoms with Crippen LogP contribution in [0.2, 0.25) is 0 Å². The highest BCUT2D eigenvalue weighted by Gasteiger charge is 2.35. The van der Waals surface area contributed by atoms with Crippen LogP contribution in [0.3, 0.4) is 0 Å². The first-order valence-corrected chi connectivity index (χ1v) is 10.6. The van der Waals surface area contributed by atoms with Gasteiger partial charge in [-0.2, -0.15) is 13.8 Å². The fourth-order valence-electron chi connectivity index (χ4n) is 4.10. The maximum Gasteiger partial charge on any atom is 0.394 e. The van der Waals surface area contributed by atoms with E-state index in [0.717, 1.165) is 24.0 Å². The van der Waals surface area contributed by atoms with Crippen LogP contribution in [0.25, 0.3) is 11.0 Å². The molecule has 1 saturated carbocycles. The van der Waals surface area contributed by atoms with E-state index in [0.29, 0.717) is 29.7 Å². The highest BCUT2D eigenvalue weighted by atomic mass is 19.3. The largest absolute Gasteiger partial charge is 0.433 e. The molecule has 10 heteroatoms. The third kappa shape index (κ3) is 4.33. The molecule has 1 fully saturated rings. The number of aromatic nitrogens is 5. The Hall–Kier alpha value is -3.69. The molecular formula is C23H21F2N5O3. The zero-order chi connectivity index (χ0) is 23.2. The van der Waals surface area contributed by atoms with E-state index in [1.54, 1.807) is 36.5 Å². The van der Waals surface area contributed by atoms with Crippen LogP contribution >= 0.6 is 0 Å². The maximum absolute atomic E-state index is 13.0. The van der Waals surface area contributed by atoms with Gasteiger partial charge in [0.2, 0.25) is 5.89 Å². The summed E-state index contributed by atoms with van der Waals surface area (Å²) in [5.41, 5.74) is 2.06. The number of rotatable bonds is 6. The van der Waals surface area contributed by atoms with E-state index >= 15 is 0 Å². The van der Waals surface area contributed by atoms with E-state index in [1.165, 1.54) is 10.9 Å². The summed E-state index contributed by atoms with van der Waals surface area (Å²) in [4.78, 5) is 25.7. The molecule has 33 heavy (non-hydrogen) atoms. The summed E-state index contributed by atoms with van der Waals surface area (Å²) in [5, 5.41) is 4.56. The van der Waals surface area contributed by atoms with E-state index in [2.05, 4.69) is 24.8 Å². The molecule has 3 heterocycles. The molecule has 0 N–H and O–H groups in total. The third-order valence-electron chi connectivity index (χ3n) is 5.87. The van der Waals surface area contributed by atoms with Crippen LogP contribution in [0, 0.1) is 6.92 Å². The fourth-order valence-corrected chi connectivity index (χ4v) is 4.10. The van der Waals surface area contributed by atoms with Crippen LogP contribution in [0.4, 0.5) is 8.78 Å². The van der Waals surface area contributed by atoms with Gasteiger partial charge in [-0.1, -0.05) is 17.3 Å². The minimum absolute atomic E-state index is 0.128. The number of alkyl halides is 2. The summed E-state index contributed by atoms with van der Waals surface area (Å²) in [5.74, 6) is 1.50. The highest BCUT2D eigenvalue weighted by molar-refractivity contribution is 5.76. The number of ether oxygens (including phenoxy) is 1. The van der Waals surface area contributed by atoms with Crippen molar-refractivity contribution in [1.29, 1.82) is 0 Å². The van der Waals surface area contributed by atoms with E-state index in [4.69, 9.17) is 4.52 Å². The van der Waals surface area contributed by atoms with Crippen LogP contribution in [-0.2, 0) is 6.54 Å². The van der Waals surface area contributed by atoms with E-state index < -0.39 is 6.11 Å². The summed E-state index contributed by atoms with van der Waals surface area (Å²) in [6, 6.07) is 8.49. The maximum atomic E-state index is 13.0. The molecule has 0 saturated heterocycles. The average molecular weight is 453 g/mol. The second-order valence-electron chi connectivity index (χ2n) is 8.39. The topological polar surface area (TPSA) is 95.9 Å². The average Bonchev–Trinajstić information content (AvgIpc) is 3.17. The summed E-state index contributed by atoms with van der Waals surface area (Å²) < 4.78 is 37.3. The molecule has 0 unspecified atom stereocenters. The molecule has 0 bridgehead atoms. The molecule has 0 aliphatic heterocycles. The van der Waals surface area contributed by atoms with Crippen molar-refractivity contribution in [2.75, 3.05) is 0 Å². The highest BCUT2D eigenvalue weighted by Crippen LogP contribution is 2.46. The molecule has 3 aromatic heterocycles. The van der Waals surface area contributed by atoms with Crippen LogP contribution in [-0.4, -0.2) is 30.8 Å². The normalized spacial score (nSPS) is 18.3. The molecular weight excluding hydrogens is 432 g/mol. The molecule has 1 aliphatic carbocycles. The predicted molar refractivity (Wildman–Crippen MR) is 114 cm³/mol. The number of benzene rings is 1. The van der Waals surface area contributed by atoms with Gasteiger partial charge in [-0.05, 0) is 55.0 Å². The Balaban J connectivity index is 1.24. The summed E-state index contributed by atoms with van der Waals surface area (Å²) in [7, 11) is 0. The smallest absolute Gasteiger partial charge is 0.394 e. The summed E-state index contributed by atoms with van der Waals surface area (Å²) >= 11 is 0. The van der Waals surface area contributed by atoms with Crippen molar-refractivity contribution < 1.29 is 18.0 Å². The van der Waals surface area contributed by atoms with E-state index in [1.807, 2.05) is 6.92 Å². The number of nitrogens with zero attached hydrogens (tertiary/aromatic N) is 5. The predicted octanol–water partition coefficient (Wildman–Crippen LogP) is 4.18. The number of halogens is 2. The monoisotopic (exact) mass is 453 g/mol. The zero-order valence-corrected chi connectivity index (χ0v) is 18.0. The van der Waals surface area contributed by atoms with Crippen LogP contribution < -0.4 is 10.3 Å².